The Balaban J connectivity index is 1.40. The van der Waals surface area contributed by atoms with Gasteiger partial charge in [-0.15, -0.1) is 0 Å². The molecule has 2 aliphatic heterocycles. The lowest BCUT2D eigenvalue weighted by atomic mass is 9.88. The largest absolute Gasteiger partial charge is 0.281 e. The topological polar surface area (TPSA) is 86.8 Å². The first kappa shape index (κ1) is 29.2. The zero-order valence-electron chi connectivity index (χ0n) is 19.6. The van der Waals surface area contributed by atoms with Gasteiger partial charge in [-0.3, -0.25) is 34.3 Å². The molecule has 4 aliphatic rings. The molecular formula is C24H33I4N3O4. The first-order valence-electron chi connectivity index (χ1n) is 12.5. The van der Waals surface area contributed by atoms with Gasteiger partial charge in [-0.1, -0.05) is 90.4 Å². The second-order valence-corrected chi connectivity index (χ2v) is 14.6. The minimum absolute atomic E-state index is 0.0688. The number of hydrogen-bond donors (Lipinski definition) is 1. The van der Waals surface area contributed by atoms with Crippen molar-refractivity contribution in [2.75, 3.05) is 31.0 Å². The van der Waals surface area contributed by atoms with E-state index < -0.39 is 0 Å². The number of nitrogens with zero attached hydrogens (tertiary/aromatic N) is 2. The predicted octanol–water partition coefficient (Wildman–Crippen LogP) is 4.27. The van der Waals surface area contributed by atoms with Crippen molar-refractivity contribution in [3.63, 3.8) is 0 Å². The van der Waals surface area contributed by atoms with Crippen LogP contribution in [0.5, 0.6) is 0 Å². The average molecular weight is 935 g/mol. The zero-order chi connectivity index (χ0) is 25.3. The van der Waals surface area contributed by atoms with E-state index in [2.05, 4.69) is 95.7 Å². The fraction of sp³-hybridized carbons (Fsp3) is 0.833. The number of carbonyl (C=O) groups is 4. The lowest BCUT2D eigenvalue weighted by Gasteiger charge is -2.24. The molecule has 0 radical (unpaired) electrons. The number of alkyl halides is 4. The molecular weight excluding hydrogens is 902 g/mol. The van der Waals surface area contributed by atoms with E-state index >= 15 is 0 Å². The van der Waals surface area contributed by atoms with Crippen LogP contribution >= 0.6 is 90.4 Å². The Hall–Kier alpha value is 1.16. The molecule has 2 aliphatic carbocycles. The highest BCUT2D eigenvalue weighted by Gasteiger charge is 2.59. The Bertz CT molecular complexity index is 720. The van der Waals surface area contributed by atoms with Crippen LogP contribution in [0.15, 0.2) is 0 Å². The highest BCUT2D eigenvalue weighted by atomic mass is 127. The Morgan fingerprint density at radius 1 is 0.543 bits per heavy atom. The Labute approximate surface area is 262 Å². The molecule has 196 valence electrons. The van der Waals surface area contributed by atoms with Crippen molar-refractivity contribution < 1.29 is 19.2 Å². The van der Waals surface area contributed by atoms with Gasteiger partial charge in [0.05, 0.1) is 37.0 Å². The van der Waals surface area contributed by atoms with Crippen LogP contribution in [0.1, 0.15) is 38.5 Å². The smallest absolute Gasteiger partial charge is 0.234 e. The Morgan fingerprint density at radius 2 is 0.800 bits per heavy atom. The van der Waals surface area contributed by atoms with Gasteiger partial charge in [0.1, 0.15) is 0 Å². The first-order chi connectivity index (χ1) is 16.9. The third-order valence-corrected chi connectivity index (χ3v) is 11.2. The van der Waals surface area contributed by atoms with Crippen molar-refractivity contribution in [1.29, 1.82) is 0 Å². The number of fused-ring (bicyclic) bond motifs is 2. The summed E-state index contributed by atoms with van der Waals surface area (Å²) in [6, 6.07) is 0. The molecule has 4 rings (SSSR count). The van der Waals surface area contributed by atoms with Crippen molar-refractivity contribution in [2.45, 2.75) is 38.5 Å². The van der Waals surface area contributed by atoms with E-state index in [4.69, 9.17) is 0 Å². The summed E-state index contributed by atoms with van der Waals surface area (Å²) < 4.78 is 3.95. The number of hydrogen-bond acceptors (Lipinski definition) is 5. The van der Waals surface area contributed by atoms with Crippen molar-refractivity contribution in [3.8, 4) is 0 Å². The predicted molar refractivity (Wildman–Crippen MR) is 168 cm³/mol. The van der Waals surface area contributed by atoms with Crippen molar-refractivity contribution in [2.24, 2.45) is 47.3 Å². The summed E-state index contributed by atoms with van der Waals surface area (Å²) >= 11 is 9.42. The van der Waals surface area contributed by atoms with E-state index in [1.165, 1.54) is 9.80 Å². The van der Waals surface area contributed by atoms with Gasteiger partial charge >= 0.3 is 0 Å². The molecule has 11 heteroatoms. The fourth-order valence-electron chi connectivity index (χ4n) is 7.23. The maximum atomic E-state index is 13.3. The van der Waals surface area contributed by atoms with Crippen molar-refractivity contribution in [3.05, 3.63) is 0 Å². The molecule has 35 heavy (non-hydrogen) atoms. The van der Waals surface area contributed by atoms with Gasteiger partial charge in [-0.25, -0.2) is 0 Å². The molecule has 2 heterocycles. The van der Waals surface area contributed by atoms with Gasteiger partial charge in [-0.2, -0.15) is 0 Å². The lowest BCUT2D eigenvalue weighted by molar-refractivity contribution is -0.142. The summed E-state index contributed by atoms with van der Waals surface area (Å²) in [7, 11) is 0. The van der Waals surface area contributed by atoms with E-state index in [9.17, 15) is 19.2 Å². The molecule has 2 saturated carbocycles. The maximum absolute atomic E-state index is 13.3. The molecule has 4 amide bonds. The van der Waals surface area contributed by atoms with E-state index in [1.807, 2.05) is 0 Å². The van der Waals surface area contributed by atoms with Crippen LogP contribution in [-0.2, 0) is 19.2 Å². The van der Waals surface area contributed by atoms with Crippen LogP contribution in [0.2, 0.25) is 0 Å². The van der Waals surface area contributed by atoms with Gasteiger partial charge in [-0.05, 0) is 79.9 Å². The summed E-state index contributed by atoms with van der Waals surface area (Å²) in [5.74, 6) is 0.000200. The zero-order valence-corrected chi connectivity index (χ0v) is 28.3. The van der Waals surface area contributed by atoms with Gasteiger partial charge in [0.25, 0.3) is 0 Å². The lowest BCUT2D eigenvalue weighted by Crippen LogP contribution is -2.46. The average Bonchev–Trinajstić information content (AvgIpc) is 3.50. The highest BCUT2D eigenvalue weighted by Crippen LogP contribution is 2.51. The molecule has 7 nitrogen and oxygen atoms in total. The number of amides is 4. The Morgan fingerprint density at radius 3 is 1.03 bits per heavy atom. The van der Waals surface area contributed by atoms with Crippen LogP contribution in [0.25, 0.3) is 0 Å². The highest BCUT2D eigenvalue weighted by molar-refractivity contribution is 14.1. The van der Waals surface area contributed by atoms with Gasteiger partial charge in [0, 0.05) is 0 Å². The van der Waals surface area contributed by atoms with E-state index in [1.54, 1.807) is 0 Å². The van der Waals surface area contributed by atoms with Crippen molar-refractivity contribution >= 4 is 114 Å². The van der Waals surface area contributed by atoms with E-state index in [0.29, 0.717) is 0 Å². The number of rotatable bonds is 12. The quantitative estimate of drug-likeness (QED) is 0.180. The van der Waals surface area contributed by atoms with Crippen LogP contribution in [0, 0.1) is 47.3 Å². The molecule has 8 unspecified atom stereocenters. The third-order valence-electron chi connectivity index (χ3n) is 8.68. The summed E-state index contributed by atoms with van der Waals surface area (Å²) in [6.45, 7) is 0.138. The number of likely N-dealkylation sites (tertiary alicyclic amines) is 2. The second kappa shape index (κ2) is 13.0. The fourth-order valence-corrected chi connectivity index (χ4v) is 10.4. The van der Waals surface area contributed by atoms with Crippen molar-refractivity contribution in [1.82, 2.24) is 15.1 Å². The maximum Gasteiger partial charge on any atom is 0.234 e. The summed E-state index contributed by atoms with van der Waals surface area (Å²) in [5, 5.41) is 3.12. The number of imide groups is 2. The summed E-state index contributed by atoms with van der Waals surface area (Å²) in [5.41, 5.74) is 0. The summed E-state index contributed by atoms with van der Waals surface area (Å²) in [6.07, 6.45) is 5.81. The number of halogens is 4. The minimum Gasteiger partial charge on any atom is -0.281 e. The van der Waals surface area contributed by atoms with E-state index in [-0.39, 0.29) is 84.3 Å². The standard InChI is InChI=1S/C24H33I4N3O4/c25-5-1-13-9-14(2-6-26)18-17(13)21(32)30(22(18)33)11-29-12-31-23(34)19-15(3-7-27)10-16(4-8-28)20(19)24(31)35/h13-20,29H,1-12H2. The molecule has 0 bridgehead atoms. The SMILES string of the molecule is O=C1C2C(CCI)CC(CCI)C2C(=O)N1CNCN1C(=O)C2C(CCI)CC(CCI)C2C1=O. The molecule has 4 fully saturated rings. The monoisotopic (exact) mass is 935 g/mol. The first-order valence-corrected chi connectivity index (χ1v) is 18.6. The third kappa shape index (κ3) is 5.59. The van der Waals surface area contributed by atoms with E-state index in [0.717, 1.165) is 56.2 Å². The van der Waals surface area contributed by atoms with Crippen LogP contribution in [-0.4, -0.2) is 64.5 Å². The molecule has 1 N–H and O–H groups in total. The van der Waals surface area contributed by atoms with Crippen LogP contribution in [0.3, 0.4) is 0 Å². The number of carbonyl (C=O) groups excluding carboxylic acids is 4. The molecule has 8 atom stereocenters. The summed E-state index contributed by atoms with van der Waals surface area (Å²) in [4.78, 5) is 55.9. The minimum atomic E-state index is -0.204. The van der Waals surface area contributed by atoms with Crippen LogP contribution < -0.4 is 5.32 Å². The molecule has 0 aromatic rings. The molecule has 0 aromatic carbocycles. The molecule has 0 aromatic heterocycles. The van der Waals surface area contributed by atoms with Gasteiger partial charge in [0.2, 0.25) is 23.6 Å². The van der Waals surface area contributed by atoms with Crippen LogP contribution in [0.4, 0.5) is 0 Å². The van der Waals surface area contributed by atoms with Gasteiger partial charge in [0.15, 0.2) is 0 Å². The van der Waals surface area contributed by atoms with Gasteiger partial charge < -0.3 is 0 Å². The molecule has 2 saturated heterocycles. The normalized spacial score (nSPS) is 36.6. The second-order valence-electron chi connectivity index (χ2n) is 10.3. The molecule has 0 spiro atoms. The Kier molecular flexibility index (Phi) is 10.8. The number of nitrogens with one attached hydrogen (secondary N) is 1.